The third-order valence-electron chi connectivity index (χ3n) is 1.54. The molecule has 0 spiro atoms. The molecule has 13 heavy (non-hydrogen) atoms. The van der Waals surface area contributed by atoms with E-state index in [4.69, 9.17) is 5.84 Å². The highest BCUT2D eigenvalue weighted by Crippen LogP contribution is 2.35. The second-order valence-electron chi connectivity index (χ2n) is 2.59. The number of rotatable bonds is 2. The number of aryl methyl sites for hydroxylation is 1. The minimum Gasteiger partial charge on any atom is -0.271 e. The summed E-state index contributed by atoms with van der Waals surface area (Å²) in [7, 11) is 0. The molecule has 74 valence electrons. The van der Waals surface area contributed by atoms with Crippen molar-refractivity contribution < 1.29 is 13.2 Å². The summed E-state index contributed by atoms with van der Waals surface area (Å²) in [6.07, 6.45) is -4.34. The summed E-state index contributed by atoms with van der Waals surface area (Å²) in [4.78, 5) is 1.02. The van der Waals surface area contributed by atoms with Gasteiger partial charge in [-0.05, 0) is 19.1 Å². The Morgan fingerprint density at radius 3 is 2.38 bits per heavy atom. The van der Waals surface area contributed by atoms with Crippen LogP contribution in [-0.2, 0) is 0 Å². The predicted molar refractivity (Wildman–Crippen MR) is 45.2 cm³/mol. The number of nitrogens with one attached hydrogen (secondary N) is 1. The Morgan fingerprint density at radius 2 is 2.08 bits per heavy atom. The van der Waals surface area contributed by atoms with Crippen LogP contribution >= 0.6 is 11.3 Å². The van der Waals surface area contributed by atoms with E-state index in [9.17, 15) is 13.2 Å². The summed E-state index contributed by atoms with van der Waals surface area (Å²) >= 11 is 1.08. The molecule has 2 nitrogen and oxygen atoms in total. The third-order valence-corrected chi connectivity index (χ3v) is 2.61. The molecule has 1 atom stereocenters. The maximum Gasteiger partial charge on any atom is 0.409 e. The lowest BCUT2D eigenvalue weighted by atomic mass is 10.2. The molecule has 6 heteroatoms. The van der Waals surface area contributed by atoms with Crippen molar-refractivity contribution in [1.82, 2.24) is 5.43 Å². The standard InChI is InChI=1S/C7H9F3N2S/c1-4-2-3-5(13-4)6(12-11)7(8,9)10/h2-3,6,12H,11H2,1H3. The highest BCUT2D eigenvalue weighted by Gasteiger charge is 2.40. The zero-order valence-corrected chi connectivity index (χ0v) is 7.67. The number of alkyl halides is 3. The Kier molecular flexibility index (Phi) is 2.94. The first-order valence-electron chi connectivity index (χ1n) is 3.54. The number of halogens is 3. The Hall–Kier alpha value is -0.590. The molecule has 1 aromatic heterocycles. The van der Waals surface area contributed by atoms with Gasteiger partial charge in [0.15, 0.2) is 6.04 Å². The lowest BCUT2D eigenvalue weighted by Gasteiger charge is -2.17. The van der Waals surface area contributed by atoms with Gasteiger partial charge in [-0.1, -0.05) is 0 Å². The summed E-state index contributed by atoms with van der Waals surface area (Å²) < 4.78 is 36.8. The van der Waals surface area contributed by atoms with Gasteiger partial charge >= 0.3 is 6.18 Å². The normalized spacial score (nSPS) is 14.5. The van der Waals surface area contributed by atoms with Gasteiger partial charge < -0.3 is 0 Å². The van der Waals surface area contributed by atoms with Crippen LogP contribution in [0, 0.1) is 6.92 Å². The van der Waals surface area contributed by atoms with Gasteiger partial charge in [-0.25, -0.2) is 5.43 Å². The highest BCUT2D eigenvalue weighted by molar-refractivity contribution is 7.12. The van der Waals surface area contributed by atoms with Crippen LogP contribution in [0.3, 0.4) is 0 Å². The Morgan fingerprint density at radius 1 is 1.46 bits per heavy atom. The summed E-state index contributed by atoms with van der Waals surface area (Å²) in [5.74, 6) is 4.84. The molecular formula is C7H9F3N2S. The van der Waals surface area contributed by atoms with Crippen LogP contribution in [0.4, 0.5) is 13.2 Å². The first kappa shape index (κ1) is 10.5. The van der Waals surface area contributed by atoms with Gasteiger partial charge in [0.2, 0.25) is 0 Å². The van der Waals surface area contributed by atoms with E-state index >= 15 is 0 Å². The molecule has 1 unspecified atom stereocenters. The first-order valence-corrected chi connectivity index (χ1v) is 4.36. The average Bonchev–Trinajstić information content (AvgIpc) is 2.34. The number of thiophene rings is 1. The second-order valence-corrected chi connectivity index (χ2v) is 3.91. The largest absolute Gasteiger partial charge is 0.409 e. The molecule has 0 amide bonds. The highest BCUT2D eigenvalue weighted by atomic mass is 32.1. The molecule has 1 heterocycles. The van der Waals surface area contributed by atoms with Crippen molar-refractivity contribution in [2.24, 2.45) is 5.84 Å². The lowest BCUT2D eigenvalue weighted by molar-refractivity contribution is -0.157. The molecular weight excluding hydrogens is 201 g/mol. The van der Waals surface area contributed by atoms with Crippen molar-refractivity contribution >= 4 is 11.3 Å². The molecule has 0 radical (unpaired) electrons. The van der Waals surface area contributed by atoms with E-state index < -0.39 is 12.2 Å². The first-order chi connectivity index (χ1) is 5.95. The molecule has 0 aliphatic rings. The van der Waals surface area contributed by atoms with Crippen LogP contribution < -0.4 is 11.3 Å². The smallest absolute Gasteiger partial charge is 0.271 e. The monoisotopic (exact) mass is 210 g/mol. The van der Waals surface area contributed by atoms with Crippen LogP contribution in [0.25, 0.3) is 0 Å². The molecule has 0 aliphatic heterocycles. The van der Waals surface area contributed by atoms with E-state index in [1.54, 1.807) is 18.4 Å². The van der Waals surface area contributed by atoms with Crippen molar-refractivity contribution in [2.45, 2.75) is 19.1 Å². The van der Waals surface area contributed by atoms with Gasteiger partial charge in [0.05, 0.1) is 0 Å². The van der Waals surface area contributed by atoms with Crippen molar-refractivity contribution in [3.05, 3.63) is 21.9 Å². The minimum atomic E-state index is -4.34. The molecule has 0 bridgehead atoms. The van der Waals surface area contributed by atoms with Crippen LogP contribution in [0.2, 0.25) is 0 Å². The van der Waals surface area contributed by atoms with Crippen molar-refractivity contribution in [2.75, 3.05) is 0 Å². The molecule has 3 N–H and O–H groups in total. The van der Waals surface area contributed by atoms with Gasteiger partial charge in [-0.3, -0.25) is 5.84 Å². The molecule has 1 rings (SSSR count). The van der Waals surface area contributed by atoms with Crippen LogP contribution in [0.5, 0.6) is 0 Å². The van der Waals surface area contributed by atoms with Crippen molar-refractivity contribution in [1.29, 1.82) is 0 Å². The molecule has 0 fully saturated rings. The SMILES string of the molecule is Cc1ccc(C(NN)C(F)(F)F)s1. The number of hydrazine groups is 1. The van der Waals surface area contributed by atoms with Gasteiger partial charge in [-0.15, -0.1) is 11.3 Å². The van der Waals surface area contributed by atoms with E-state index in [0.717, 1.165) is 16.2 Å². The van der Waals surface area contributed by atoms with E-state index in [-0.39, 0.29) is 4.88 Å². The topological polar surface area (TPSA) is 38.0 Å². The molecule has 1 aromatic rings. The fraction of sp³-hybridized carbons (Fsp3) is 0.429. The zero-order chi connectivity index (χ0) is 10.1. The summed E-state index contributed by atoms with van der Waals surface area (Å²) in [6.45, 7) is 1.75. The Bertz CT molecular complexity index is 282. The molecule has 0 saturated carbocycles. The second kappa shape index (κ2) is 3.65. The van der Waals surface area contributed by atoms with E-state index in [1.165, 1.54) is 6.07 Å². The molecule has 0 aromatic carbocycles. The van der Waals surface area contributed by atoms with E-state index in [1.807, 2.05) is 0 Å². The van der Waals surface area contributed by atoms with E-state index in [2.05, 4.69) is 0 Å². The van der Waals surface area contributed by atoms with E-state index in [0.29, 0.717) is 0 Å². The zero-order valence-electron chi connectivity index (χ0n) is 6.85. The van der Waals surface area contributed by atoms with Crippen LogP contribution in [0.1, 0.15) is 15.8 Å². The summed E-state index contributed by atoms with van der Waals surface area (Å²) in [5.41, 5.74) is 1.76. The number of hydrogen-bond donors (Lipinski definition) is 2. The summed E-state index contributed by atoms with van der Waals surface area (Å²) in [6, 6.07) is 1.31. The maximum absolute atomic E-state index is 12.3. The van der Waals surface area contributed by atoms with Crippen LogP contribution in [-0.4, -0.2) is 6.18 Å². The maximum atomic E-state index is 12.3. The fourth-order valence-electron chi connectivity index (χ4n) is 0.947. The fourth-order valence-corrected chi connectivity index (χ4v) is 1.91. The third kappa shape index (κ3) is 2.43. The minimum absolute atomic E-state index is 0.188. The van der Waals surface area contributed by atoms with Gasteiger partial charge in [-0.2, -0.15) is 13.2 Å². The van der Waals surface area contributed by atoms with Gasteiger partial charge in [0.1, 0.15) is 0 Å². The quantitative estimate of drug-likeness (QED) is 0.579. The lowest BCUT2D eigenvalue weighted by Crippen LogP contribution is -2.37. The van der Waals surface area contributed by atoms with Crippen molar-refractivity contribution in [3.8, 4) is 0 Å². The predicted octanol–water partition coefficient (Wildman–Crippen LogP) is 2.12. The van der Waals surface area contributed by atoms with Gasteiger partial charge in [0, 0.05) is 9.75 Å². The summed E-state index contributed by atoms with van der Waals surface area (Å²) in [5, 5.41) is 0. The van der Waals surface area contributed by atoms with Crippen LogP contribution in [0.15, 0.2) is 12.1 Å². The van der Waals surface area contributed by atoms with Gasteiger partial charge in [0.25, 0.3) is 0 Å². The number of hydrogen-bond acceptors (Lipinski definition) is 3. The Labute approximate surface area is 77.5 Å². The molecule has 0 aliphatic carbocycles. The molecule has 0 saturated heterocycles. The number of nitrogens with two attached hydrogens (primary N) is 1. The van der Waals surface area contributed by atoms with Crippen molar-refractivity contribution in [3.63, 3.8) is 0 Å². The Balaban J connectivity index is 2.91. The average molecular weight is 210 g/mol.